The molecular formula is C14H19F3N2O2. The highest BCUT2D eigenvalue weighted by atomic mass is 19.4. The predicted octanol–water partition coefficient (Wildman–Crippen LogP) is 1.75. The van der Waals surface area contributed by atoms with Gasteiger partial charge < -0.3 is 20.5 Å². The molecular weight excluding hydrogens is 285 g/mol. The number of hydrogen-bond donors (Lipinski definition) is 2. The maximum absolute atomic E-state index is 13.3. The van der Waals surface area contributed by atoms with Gasteiger partial charge in [-0.3, -0.25) is 0 Å². The van der Waals surface area contributed by atoms with E-state index in [4.69, 9.17) is 15.6 Å². The van der Waals surface area contributed by atoms with Crippen LogP contribution in [0, 0.1) is 0 Å². The van der Waals surface area contributed by atoms with Gasteiger partial charge in [0.1, 0.15) is 0 Å². The van der Waals surface area contributed by atoms with E-state index in [1.165, 1.54) is 6.07 Å². The van der Waals surface area contributed by atoms with Crippen molar-refractivity contribution in [3.8, 4) is 0 Å². The van der Waals surface area contributed by atoms with E-state index < -0.39 is 17.8 Å². The van der Waals surface area contributed by atoms with Gasteiger partial charge in [0, 0.05) is 24.8 Å². The fourth-order valence-corrected chi connectivity index (χ4v) is 2.45. The van der Waals surface area contributed by atoms with E-state index in [-0.39, 0.29) is 38.0 Å². The highest BCUT2D eigenvalue weighted by molar-refractivity contribution is 5.57. The number of halogens is 3. The first-order valence-electron chi connectivity index (χ1n) is 6.76. The molecule has 3 N–H and O–H groups in total. The monoisotopic (exact) mass is 304 g/mol. The summed E-state index contributed by atoms with van der Waals surface area (Å²) in [6.45, 7) is 2.14. The zero-order valence-corrected chi connectivity index (χ0v) is 11.7. The third kappa shape index (κ3) is 3.48. The number of rotatable bonds is 3. The summed E-state index contributed by atoms with van der Waals surface area (Å²) in [4.78, 5) is 1.63. The molecule has 2 unspecified atom stereocenters. The van der Waals surface area contributed by atoms with E-state index in [9.17, 15) is 13.2 Å². The second kappa shape index (κ2) is 6.21. The summed E-state index contributed by atoms with van der Waals surface area (Å²) in [6, 6.07) is 3.94. The summed E-state index contributed by atoms with van der Waals surface area (Å²) < 4.78 is 45.2. The Morgan fingerprint density at radius 1 is 1.43 bits per heavy atom. The van der Waals surface area contributed by atoms with Gasteiger partial charge in [0.25, 0.3) is 0 Å². The lowest BCUT2D eigenvalue weighted by Gasteiger charge is -2.40. The normalized spacial score (nSPS) is 23.4. The second-order valence-corrected chi connectivity index (χ2v) is 5.19. The van der Waals surface area contributed by atoms with Gasteiger partial charge in [0.05, 0.1) is 24.9 Å². The summed E-state index contributed by atoms with van der Waals surface area (Å²) in [5, 5.41) is 9.16. The third-order valence-corrected chi connectivity index (χ3v) is 3.62. The molecule has 1 aliphatic heterocycles. The lowest BCUT2D eigenvalue weighted by molar-refractivity contribution is -0.137. The quantitative estimate of drug-likeness (QED) is 0.893. The summed E-state index contributed by atoms with van der Waals surface area (Å²) in [5.74, 6) is 0. The molecule has 0 bridgehead atoms. The molecule has 2 rings (SSSR count). The Bertz CT molecular complexity index is 494. The third-order valence-electron chi connectivity index (χ3n) is 3.62. The molecule has 7 heteroatoms. The first-order chi connectivity index (χ1) is 9.86. The Labute approximate surface area is 121 Å². The molecule has 0 radical (unpaired) electrons. The summed E-state index contributed by atoms with van der Waals surface area (Å²) in [6.07, 6.45) is -4.93. The molecule has 0 aromatic heterocycles. The number of ether oxygens (including phenoxy) is 1. The standard InChI is InChI=1S/C14H19F3N2O2/c1-9-8-21-11(7-20)6-19(9)13-3-2-10(5-18)4-12(13)14(15,16)17/h2-4,9,11,20H,5-8,18H2,1H3. The molecule has 1 aromatic carbocycles. The summed E-state index contributed by atoms with van der Waals surface area (Å²) in [5.41, 5.74) is 5.27. The zero-order valence-electron chi connectivity index (χ0n) is 11.7. The van der Waals surface area contributed by atoms with Crippen LogP contribution in [0.3, 0.4) is 0 Å². The fourth-order valence-electron chi connectivity index (χ4n) is 2.45. The number of benzene rings is 1. The maximum Gasteiger partial charge on any atom is 0.418 e. The summed E-state index contributed by atoms with van der Waals surface area (Å²) in [7, 11) is 0. The topological polar surface area (TPSA) is 58.7 Å². The molecule has 0 saturated carbocycles. The lowest BCUT2D eigenvalue weighted by Crippen LogP contribution is -2.50. The average Bonchev–Trinajstić information content (AvgIpc) is 2.46. The minimum absolute atomic E-state index is 0.0568. The first kappa shape index (κ1) is 16.1. The Balaban J connectivity index is 2.41. The van der Waals surface area contributed by atoms with Crippen LogP contribution in [0.2, 0.25) is 0 Å². The summed E-state index contributed by atoms with van der Waals surface area (Å²) >= 11 is 0. The number of hydrogen-bond acceptors (Lipinski definition) is 4. The van der Waals surface area contributed by atoms with Crippen LogP contribution in [0.5, 0.6) is 0 Å². The molecule has 0 aliphatic carbocycles. The van der Waals surface area contributed by atoms with Crippen molar-refractivity contribution >= 4 is 5.69 Å². The highest BCUT2D eigenvalue weighted by Gasteiger charge is 2.37. The van der Waals surface area contributed by atoms with E-state index in [1.807, 2.05) is 0 Å². The average molecular weight is 304 g/mol. The van der Waals surface area contributed by atoms with Crippen molar-refractivity contribution in [2.45, 2.75) is 31.8 Å². The van der Waals surface area contributed by atoms with Crippen molar-refractivity contribution in [3.05, 3.63) is 29.3 Å². The molecule has 1 heterocycles. The van der Waals surface area contributed by atoms with Gasteiger partial charge >= 0.3 is 6.18 Å². The largest absolute Gasteiger partial charge is 0.418 e. The van der Waals surface area contributed by atoms with Crippen molar-refractivity contribution < 1.29 is 23.0 Å². The number of nitrogens with two attached hydrogens (primary N) is 1. The van der Waals surface area contributed by atoms with Gasteiger partial charge in [0.2, 0.25) is 0 Å². The van der Waals surface area contributed by atoms with Gasteiger partial charge in [-0.15, -0.1) is 0 Å². The fraction of sp³-hybridized carbons (Fsp3) is 0.571. The van der Waals surface area contributed by atoms with Crippen molar-refractivity contribution in [2.75, 3.05) is 24.7 Å². The highest BCUT2D eigenvalue weighted by Crippen LogP contribution is 2.38. The van der Waals surface area contributed by atoms with Crippen LogP contribution < -0.4 is 10.6 Å². The number of aliphatic hydroxyl groups is 1. The molecule has 0 amide bonds. The van der Waals surface area contributed by atoms with Gasteiger partial charge in [0.15, 0.2) is 0 Å². The van der Waals surface area contributed by atoms with Crippen LogP contribution in [-0.4, -0.2) is 37.0 Å². The Morgan fingerprint density at radius 2 is 2.14 bits per heavy atom. The van der Waals surface area contributed by atoms with Gasteiger partial charge in [-0.05, 0) is 24.6 Å². The van der Waals surface area contributed by atoms with E-state index in [0.717, 1.165) is 6.07 Å². The molecule has 0 spiro atoms. The maximum atomic E-state index is 13.3. The molecule has 21 heavy (non-hydrogen) atoms. The SMILES string of the molecule is CC1COC(CO)CN1c1ccc(CN)cc1C(F)(F)F. The van der Waals surface area contributed by atoms with Crippen LogP contribution in [-0.2, 0) is 17.5 Å². The van der Waals surface area contributed by atoms with Crippen LogP contribution >= 0.6 is 0 Å². The van der Waals surface area contributed by atoms with E-state index >= 15 is 0 Å². The number of alkyl halides is 3. The molecule has 4 nitrogen and oxygen atoms in total. The van der Waals surface area contributed by atoms with E-state index in [1.54, 1.807) is 17.9 Å². The van der Waals surface area contributed by atoms with Crippen molar-refractivity contribution in [1.82, 2.24) is 0 Å². The van der Waals surface area contributed by atoms with E-state index in [2.05, 4.69) is 0 Å². The van der Waals surface area contributed by atoms with Crippen LogP contribution in [0.4, 0.5) is 18.9 Å². The molecule has 1 aromatic rings. The van der Waals surface area contributed by atoms with Gasteiger partial charge in [-0.2, -0.15) is 13.2 Å². The molecule has 1 fully saturated rings. The second-order valence-electron chi connectivity index (χ2n) is 5.19. The smallest absolute Gasteiger partial charge is 0.394 e. The predicted molar refractivity (Wildman–Crippen MR) is 73.0 cm³/mol. The molecule has 118 valence electrons. The van der Waals surface area contributed by atoms with Crippen molar-refractivity contribution in [3.63, 3.8) is 0 Å². The first-order valence-corrected chi connectivity index (χ1v) is 6.76. The molecule has 1 aliphatic rings. The number of aliphatic hydroxyl groups excluding tert-OH is 1. The number of anilines is 1. The Morgan fingerprint density at radius 3 is 2.71 bits per heavy atom. The molecule has 1 saturated heterocycles. The van der Waals surface area contributed by atoms with Gasteiger partial charge in [-0.1, -0.05) is 6.07 Å². The molecule has 2 atom stereocenters. The van der Waals surface area contributed by atoms with Crippen LogP contribution in [0.1, 0.15) is 18.1 Å². The minimum atomic E-state index is -4.45. The van der Waals surface area contributed by atoms with Crippen LogP contribution in [0.25, 0.3) is 0 Å². The zero-order chi connectivity index (χ0) is 15.6. The van der Waals surface area contributed by atoms with Crippen molar-refractivity contribution in [2.24, 2.45) is 5.73 Å². The van der Waals surface area contributed by atoms with Crippen LogP contribution in [0.15, 0.2) is 18.2 Å². The number of nitrogens with zero attached hydrogens (tertiary/aromatic N) is 1. The van der Waals surface area contributed by atoms with Crippen molar-refractivity contribution in [1.29, 1.82) is 0 Å². The van der Waals surface area contributed by atoms with E-state index in [0.29, 0.717) is 5.56 Å². The van der Waals surface area contributed by atoms with Gasteiger partial charge in [-0.25, -0.2) is 0 Å². The number of morpholine rings is 1. The Kier molecular flexibility index (Phi) is 4.75. The Hall–Kier alpha value is -1.31. The minimum Gasteiger partial charge on any atom is -0.394 e. The lowest BCUT2D eigenvalue weighted by atomic mass is 10.0.